The highest BCUT2D eigenvalue weighted by Crippen LogP contribution is 2.46. The molecule has 5 rings (SSSR count). The summed E-state index contributed by atoms with van der Waals surface area (Å²) in [6, 6.07) is 10.5. The molecule has 39 heavy (non-hydrogen) atoms. The number of methoxy groups -OCH3 is 1. The molecule has 1 unspecified atom stereocenters. The topological polar surface area (TPSA) is 124 Å². The maximum atomic E-state index is 13.5. The summed E-state index contributed by atoms with van der Waals surface area (Å²) in [5.74, 6) is -1.55. The van der Waals surface area contributed by atoms with Gasteiger partial charge in [0.25, 0.3) is 5.78 Å². The molecule has 2 aliphatic rings. The summed E-state index contributed by atoms with van der Waals surface area (Å²) in [6.07, 6.45) is 1.44. The van der Waals surface area contributed by atoms with Crippen molar-refractivity contribution in [2.45, 2.75) is 13.0 Å². The first kappa shape index (κ1) is 26.0. The highest BCUT2D eigenvalue weighted by Gasteiger charge is 2.49. The van der Waals surface area contributed by atoms with E-state index in [1.54, 1.807) is 49.4 Å². The van der Waals surface area contributed by atoms with Gasteiger partial charge in [-0.3, -0.25) is 14.5 Å². The Morgan fingerprint density at radius 3 is 2.69 bits per heavy atom. The van der Waals surface area contributed by atoms with Gasteiger partial charge < -0.3 is 24.1 Å². The van der Waals surface area contributed by atoms with Crippen molar-refractivity contribution in [2.75, 3.05) is 31.8 Å². The number of ether oxygens (including phenoxy) is 4. The molecule has 1 fully saturated rings. The van der Waals surface area contributed by atoms with Crippen LogP contribution in [0.2, 0.25) is 0 Å². The molecule has 3 heterocycles. The van der Waals surface area contributed by atoms with Crippen molar-refractivity contribution in [2.24, 2.45) is 0 Å². The summed E-state index contributed by atoms with van der Waals surface area (Å²) in [4.78, 5) is 45.4. The fourth-order valence-corrected chi connectivity index (χ4v) is 5.42. The Morgan fingerprint density at radius 1 is 1.21 bits per heavy atom. The second kappa shape index (κ2) is 10.6. The number of rotatable bonds is 7. The molecule has 1 saturated heterocycles. The van der Waals surface area contributed by atoms with Gasteiger partial charge >= 0.3 is 11.9 Å². The van der Waals surface area contributed by atoms with Crippen molar-refractivity contribution >= 4 is 39.9 Å². The maximum Gasteiger partial charge on any atom is 0.350 e. The molecule has 1 atom stereocenters. The molecule has 1 N–H and O–H groups in total. The van der Waals surface area contributed by atoms with E-state index in [1.807, 2.05) is 0 Å². The number of amides is 1. The summed E-state index contributed by atoms with van der Waals surface area (Å²) in [6.45, 7) is 5.88. The van der Waals surface area contributed by atoms with Crippen molar-refractivity contribution in [1.29, 1.82) is 0 Å². The Bertz CT molecular complexity index is 1530. The Hall–Kier alpha value is -4.64. The van der Waals surface area contributed by atoms with Crippen LogP contribution >= 0.6 is 11.3 Å². The van der Waals surface area contributed by atoms with Crippen LogP contribution in [-0.2, 0) is 14.3 Å². The number of aliphatic hydroxyl groups excluding tert-OH is 1. The van der Waals surface area contributed by atoms with E-state index in [0.29, 0.717) is 41.7 Å². The number of nitrogens with zero attached hydrogens (tertiary/aromatic N) is 2. The van der Waals surface area contributed by atoms with Gasteiger partial charge in [0.2, 0.25) is 0 Å². The molecule has 2 aromatic carbocycles. The van der Waals surface area contributed by atoms with Gasteiger partial charge in [-0.2, -0.15) is 0 Å². The largest absolute Gasteiger partial charge is 0.507 e. The van der Waals surface area contributed by atoms with Crippen LogP contribution in [0.15, 0.2) is 60.7 Å². The van der Waals surface area contributed by atoms with Gasteiger partial charge in [0.1, 0.15) is 42.2 Å². The van der Waals surface area contributed by atoms with Crippen LogP contribution in [0.1, 0.15) is 32.5 Å². The van der Waals surface area contributed by atoms with Gasteiger partial charge in [-0.05, 0) is 31.2 Å². The molecule has 0 saturated carbocycles. The molecule has 200 valence electrons. The van der Waals surface area contributed by atoms with E-state index >= 15 is 0 Å². The van der Waals surface area contributed by atoms with E-state index in [1.165, 1.54) is 18.1 Å². The first-order valence-electron chi connectivity index (χ1n) is 11.9. The number of para-hydroxylation sites is 1. The zero-order valence-corrected chi connectivity index (χ0v) is 21.9. The number of hydrogen-bond donors (Lipinski definition) is 1. The second-order valence-electron chi connectivity index (χ2n) is 8.57. The third-order valence-corrected chi connectivity index (χ3v) is 7.34. The number of carbonyl (C=O) groups excluding carboxylic acids is 3. The predicted octanol–water partition coefficient (Wildman–Crippen LogP) is 4.20. The number of aryl methyl sites for hydroxylation is 1. The Morgan fingerprint density at radius 2 is 1.95 bits per heavy atom. The highest BCUT2D eigenvalue weighted by atomic mass is 32.1. The summed E-state index contributed by atoms with van der Waals surface area (Å²) in [7, 11) is 1.47. The fourth-order valence-electron chi connectivity index (χ4n) is 4.44. The number of fused-ring (bicyclic) bond motifs is 1. The van der Waals surface area contributed by atoms with Gasteiger partial charge in [0.05, 0.1) is 18.4 Å². The van der Waals surface area contributed by atoms with Crippen LogP contribution < -0.4 is 19.1 Å². The van der Waals surface area contributed by atoms with Crippen molar-refractivity contribution < 1.29 is 38.4 Å². The van der Waals surface area contributed by atoms with Gasteiger partial charge in [-0.1, -0.05) is 42.2 Å². The van der Waals surface area contributed by atoms with Gasteiger partial charge in [0.15, 0.2) is 16.6 Å². The highest BCUT2D eigenvalue weighted by molar-refractivity contribution is 7.17. The van der Waals surface area contributed by atoms with E-state index in [4.69, 9.17) is 18.9 Å². The van der Waals surface area contributed by atoms with Crippen LogP contribution in [0, 0.1) is 6.92 Å². The smallest absolute Gasteiger partial charge is 0.350 e. The molecule has 3 aromatic rings. The van der Waals surface area contributed by atoms with Crippen LogP contribution in [0.3, 0.4) is 0 Å². The molecule has 0 aliphatic carbocycles. The molecular formula is C28H24N2O8S. The molecule has 11 heteroatoms. The summed E-state index contributed by atoms with van der Waals surface area (Å²) < 4.78 is 21.9. The minimum absolute atomic E-state index is 0.00671. The first-order chi connectivity index (χ1) is 18.8. The zero-order chi connectivity index (χ0) is 27.7. The monoisotopic (exact) mass is 548 g/mol. The molecular weight excluding hydrogens is 524 g/mol. The molecule has 0 spiro atoms. The normalized spacial score (nSPS) is 17.7. The fraction of sp³-hybridized carbons (Fsp3) is 0.214. The molecule has 2 aliphatic heterocycles. The number of carbonyl (C=O) groups is 3. The summed E-state index contributed by atoms with van der Waals surface area (Å²) in [5.41, 5.74) is 0.879. The Balaban J connectivity index is 1.68. The van der Waals surface area contributed by atoms with Crippen LogP contribution in [0.4, 0.5) is 5.13 Å². The van der Waals surface area contributed by atoms with Crippen LogP contribution in [-0.4, -0.2) is 54.7 Å². The van der Waals surface area contributed by atoms with E-state index < -0.39 is 29.5 Å². The Labute approximate surface area is 227 Å². The van der Waals surface area contributed by atoms with E-state index in [9.17, 15) is 19.5 Å². The molecule has 1 aromatic heterocycles. The average molecular weight is 549 g/mol. The molecule has 1 amide bonds. The van der Waals surface area contributed by atoms with Crippen LogP contribution in [0.5, 0.6) is 17.2 Å². The quantitative estimate of drug-likeness (QED) is 0.152. The van der Waals surface area contributed by atoms with E-state index in [-0.39, 0.29) is 27.8 Å². The molecule has 0 bridgehead atoms. The number of benzene rings is 2. The first-order valence-corrected chi connectivity index (χ1v) is 12.8. The number of thiazole rings is 1. The lowest BCUT2D eigenvalue weighted by atomic mass is 9.94. The zero-order valence-electron chi connectivity index (χ0n) is 21.1. The molecule has 0 radical (unpaired) electrons. The summed E-state index contributed by atoms with van der Waals surface area (Å²) >= 11 is 0.912. The van der Waals surface area contributed by atoms with Crippen molar-refractivity contribution in [3.05, 3.63) is 82.4 Å². The number of anilines is 1. The van der Waals surface area contributed by atoms with Crippen molar-refractivity contribution in [3.63, 3.8) is 0 Å². The third-order valence-electron chi connectivity index (χ3n) is 6.20. The van der Waals surface area contributed by atoms with E-state index in [2.05, 4.69) is 11.6 Å². The maximum absolute atomic E-state index is 13.5. The number of aliphatic hydroxyl groups is 1. The number of hydrogen-bond acceptors (Lipinski definition) is 10. The van der Waals surface area contributed by atoms with Crippen LogP contribution in [0.25, 0.3) is 5.76 Å². The minimum Gasteiger partial charge on any atom is -0.507 e. The van der Waals surface area contributed by atoms with Gasteiger partial charge in [0, 0.05) is 11.1 Å². The number of esters is 1. The summed E-state index contributed by atoms with van der Waals surface area (Å²) in [5, 5.41) is 11.6. The van der Waals surface area contributed by atoms with E-state index in [0.717, 1.165) is 11.3 Å². The number of Topliss-reactive ketones (excluding diaryl/α,β-unsaturated/α-hetero) is 1. The third kappa shape index (κ3) is 4.61. The van der Waals surface area contributed by atoms with Gasteiger partial charge in [-0.15, -0.1) is 0 Å². The second-order valence-corrected chi connectivity index (χ2v) is 9.55. The minimum atomic E-state index is -1.10. The lowest BCUT2D eigenvalue weighted by molar-refractivity contribution is -0.132. The number of aromatic nitrogens is 1. The Kier molecular flexibility index (Phi) is 7.07. The standard InChI is InChI=1S/C28H24N2O8S/c1-4-11-38-27(34)25-15(2)29-28(39-25)30-22(17-7-5-6-8-18(17)35-3)21(24(32)26(30)33)23(31)16-9-10-19-20(14-16)37-13-12-36-19/h4-10,14,22,31H,1,11-13H2,2-3H3/b23-21+. The number of ketones is 1. The lowest BCUT2D eigenvalue weighted by Gasteiger charge is -2.24. The van der Waals surface area contributed by atoms with Crippen molar-refractivity contribution in [3.8, 4) is 17.2 Å². The predicted molar refractivity (Wildman–Crippen MR) is 143 cm³/mol. The average Bonchev–Trinajstić information content (AvgIpc) is 3.47. The molecule has 10 nitrogen and oxygen atoms in total. The van der Waals surface area contributed by atoms with Crippen molar-refractivity contribution in [1.82, 2.24) is 4.98 Å². The SMILES string of the molecule is C=CCOC(=O)c1sc(N2C(=O)C(=O)/C(=C(/O)c3ccc4c(c3)OCCO4)C2c2ccccc2OC)nc1C. The van der Waals surface area contributed by atoms with Gasteiger partial charge in [-0.25, -0.2) is 9.78 Å². The lowest BCUT2D eigenvalue weighted by Crippen LogP contribution is -2.29.